The second-order valence-electron chi connectivity index (χ2n) is 8.36. The van der Waals surface area contributed by atoms with Crippen molar-refractivity contribution in [1.82, 2.24) is 4.98 Å². The highest BCUT2D eigenvalue weighted by atomic mass is 35.5. The van der Waals surface area contributed by atoms with E-state index < -0.39 is 35.8 Å². The lowest BCUT2D eigenvalue weighted by Crippen LogP contribution is -2.39. The maximum atomic E-state index is 12.9. The van der Waals surface area contributed by atoms with Crippen molar-refractivity contribution in [2.45, 2.75) is 53.2 Å². The topological polar surface area (TPSA) is 101 Å². The average molecular weight is 526 g/mol. The number of esters is 2. The Labute approximate surface area is 214 Å². The summed E-state index contributed by atoms with van der Waals surface area (Å²) in [5.41, 5.74) is -0.103. The number of hydrogen-bond acceptors (Lipinski definition) is 8. The van der Waals surface area contributed by atoms with E-state index in [2.05, 4.69) is 4.98 Å². The van der Waals surface area contributed by atoms with Crippen LogP contribution in [-0.4, -0.2) is 42.0 Å². The average Bonchev–Trinajstić information content (AvgIpc) is 2.78. The molecule has 0 aliphatic heterocycles. The molecule has 190 valence electrons. The van der Waals surface area contributed by atoms with Crippen molar-refractivity contribution in [3.8, 4) is 17.2 Å². The second kappa shape index (κ2) is 12.7. The van der Waals surface area contributed by atoms with E-state index in [-0.39, 0.29) is 29.5 Å². The van der Waals surface area contributed by atoms with Gasteiger partial charge in [0.2, 0.25) is 5.75 Å². The number of methoxy groups -OCH3 is 1. The molecule has 3 atom stereocenters. The van der Waals surface area contributed by atoms with Crippen LogP contribution in [0.25, 0.3) is 0 Å². The Balaban J connectivity index is 2.12. The fraction of sp³-hybridized carbons (Fsp3) is 0.440. The monoisotopic (exact) mass is 525 g/mol. The van der Waals surface area contributed by atoms with Gasteiger partial charge >= 0.3 is 11.9 Å². The molecule has 0 bridgehead atoms. The summed E-state index contributed by atoms with van der Waals surface area (Å²) in [6.07, 6.45) is 0.00293. The Morgan fingerprint density at radius 2 is 1.71 bits per heavy atom. The number of rotatable bonds is 11. The van der Waals surface area contributed by atoms with Crippen molar-refractivity contribution in [3.63, 3.8) is 0 Å². The second-order valence-corrected chi connectivity index (χ2v) is 9.20. The molecule has 8 nitrogen and oxygen atoms in total. The molecule has 0 amide bonds. The lowest BCUT2D eigenvalue weighted by Gasteiger charge is -2.29. The molecule has 0 radical (unpaired) electrons. The van der Waals surface area contributed by atoms with Gasteiger partial charge in [-0.1, -0.05) is 44.0 Å². The summed E-state index contributed by atoms with van der Waals surface area (Å²) in [7, 11) is 1.38. The van der Waals surface area contributed by atoms with Gasteiger partial charge in [0.05, 0.1) is 18.1 Å². The van der Waals surface area contributed by atoms with Crippen LogP contribution in [0.3, 0.4) is 0 Å². The number of carbonyl (C=O) groups is 3. The van der Waals surface area contributed by atoms with Crippen LogP contribution in [0.2, 0.25) is 10.0 Å². The Kier molecular flexibility index (Phi) is 10.3. The van der Waals surface area contributed by atoms with Gasteiger partial charge in [-0.05, 0) is 31.0 Å². The largest absolute Gasteiger partial charge is 0.493 e. The van der Waals surface area contributed by atoms with E-state index in [0.717, 1.165) is 0 Å². The Morgan fingerprint density at radius 3 is 2.29 bits per heavy atom. The number of pyridine rings is 1. The lowest BCUT2D eigenvalue weighted by atomic mass is 10.00. The summed E-state index contributed by atoms with van der Waals surface area (Å²) in [5, 5.41) is 0.814. The van der Waals surface area contributed by atoms with Gasteiger partial charge in [0.15, 0.2) is 17.2 Å². The molecular weight excluding hydrogens is 497 g/mol. The Morgan fingerprint density at radius 1 is 1.03 bits per heavy atom. The summed E-state index contributed by atoms with van der Waals surface area (Å²) in [6, 6.07) is 6.32. The normalized spacial score (nSPS) is 13.5. The number of Topliss-reactive ketones (excluding diaryl/α,β-unsaturated/α-hetero) is 1. The molecule has 0 unspecified atom stereocenters. The minimum atomic E-state index is -0.798. The van der Waals surface area contributed by atoms with E-state index in [1.807, 2.05) is 13.8 Å². The highest BCUT2D eigenvalue weighted by Crippen LogP contribution is 2.32. The van der Waals surface area contributed by atoms with Crippen molar-refractivity contribution >= 4 is 40.9 Å². The molecule has 1 aromatic heterocycles. The van der Waals surface area contributed by atoms with Crippen LogP contribution in [0.15, 0.2) is 30.5 Å². The molecule has 0 aliphatic rings. The van der Waals surface area contributed by atoms with Crippen LogP contribution in [-0.2, 0) is 14.3 Å². The molecule has 0 aliphatic carbocycles. The number of halogens is 2. The quantitative estimate of drug-likeness (QED) is 0.277. The number of ether oxygens (including phenoxy) is 4. The standard InChI is InChI=1S/C25H29Cl2NO7/c1-13(2)23(15(4)33-20-8-7-17(26)12-18(20)27)35-25(31)14(3)11-19(30)22-24(34-16(5)29)21(32-6)9-10-28-22/h7-10,12-15,23H,11H2,1-6H3/t14-,15+,23-/m1/s1. The molecule has 10 heteroatoms. The minimum absolute atomic E-state index is 0.0847. The van der Waals surface area contributed by atoms with E-state index in [0.29, 0.717) is 15.8 Å². The van der Waals surface area contributed by atoms with E-state index in [1.54, 1.807) is 32.0 Å². The number of benzene rings is 1. The van der Waals surface area contributed by atoms with Crippen LogP contribution >= 0.6 is 23.2 Å². The first-order valence-electron chi connectivity index (χ1n) is 11.0. The van der Waals surface area contributed by atoms with Crippen molar-refractivity contribution in [2.75, 3.05) is 7.11 Å². The van der Waals surface area contributed by atoms with Gasteiger partial charge < -0.3 is 18.9 Å². The molecule has 0 fully saturated rings. The molecule has 0 saturated carbocycles. The third-order valence-corrected chi connectivity index (χ3v) is 5.60. The lowest BCUT2D eigenvalue weighted by molar-refractivity contribution is -0.161. The van der Waals surface area contributed by atoms with Gasteiger partial charge in [0.25, 0.3) is 0 Å². The van der Waals surface area contributed by atoms with Crippen LogP contribution in [0.5, 0.6) is 17.2 Å². The SMILES string of the molecule is COc1ccnc(C(=O)C[C@@H](C)C(=O)O[C@H](C(C)C)[C@H](C)Oc2ccc(Cl)cc2Cl)c1OC(C)=O. The molecule has 0 saturated heterocycles. The number of carbonyl (C=O) groups excluding carboxylic acids is 3. The number of aromatic nitrogens is 1. The zero-order chi connectivity index (χ0) is 26.3. The molecular formula is C25H29Cl2NO7. The predicted molar refractivity (Wildman–Crippen MR) is 131 cm³/mol. The van der Waals surface area contributed by atoms with Crippen LogP contribution in [0.1, 0.15) is 51.5 Å². The molecule has 0 N–H and O–H groups in total. The van der Waals surface area contributed by atoms with E-state index >= 15 is 0 Å². The number of ketones is 1. The summed E-state index contributed by atoms with van der Waals surface area (Å²) >= 11 is 12.1. The van der Waals surface area contributed by atoms with E-state index in [4.69, 9.17) is 42.1 Å². The van der Waals surface area contributed by atoms with Gasteiger partial charge in [0, 0.05) is 30.6 Å². The van der Waals surface area contributed by atoms with Crippen LogP contribution in [0, 0.1) is 11.8 Å². The highest BCUT2D eigenvalue weighted by Gasteiger charge is 2.31. The molecule has 35 heavy (non-hydrogen) atoms. The Hall–Kier alpha value is -2.84. The summed E-state index contributed by atoms with van der Waals surface area (Å²) in [6.45, 7) is 8.33. The Bertz CT molecular complexity index is 1070. The van der Waals surface area contributed by atoms with E-state index in [1.165, 1.54) is 26.3 Å². The maximum absolute atomic E-state index is 12.9. The van der Waals surface area contributed by atoms with E-state index in [9.17, 15) is 14.4 Å². The maximum Gasteiger partial charge on any atom is 0.309 e. The smallest absolute Gasteiger partial charge is 0.309 e. The zero-order valence-corrected chi connectivity index (χ0v) is 22.0. The highest BCUT2D eigenvalue weighted by molar-refractivity contribution is 6.35. The van der Waals surface area contributed by atoms with Gasteiger partial charge in [-0.2, -0.15) is 0 Å². The van der Waals surface area contributed by atoms with Crippen molar-refractivity contribution < 1.29 is 33.3 Å². The van der Waals surface area contributed by atoms with Crippen molar-refractivity contribution in [3.05, 3.63) is 46.2 Å². The third-order valence-electron chi connectivity index (χ3n) is 5.07. The van der Waals surface area contributed by atoms with Gasteiger partial charge in [-0.25, -0.2) is 4.98 Å². The fourth-order valence-electron chi connectivity index (χ4n) is 3.35. The fourth-order valence-corrected chi connectivity index (χ4v) is 3.81. The summed E-state index contributed by atoms with van der Waals surface area (Å²) < 4.78 is 22.0. The first-order valence-corrected chi connectivity index (χ1v) is 11.8. The first-order chi connectivity index (χ1) is 16.4. The molecule has 0 spiro atoms. The number of hydrogen-bond donors (Lipinski definition) is 0. The molecule has 1 heterocycles. The minimum Gasteiger partial charge on any atom is -0.493 e. The third kappa shape index (κ3) is 7.83. The van der Waals surface area contributed by atoms with Gasteiger partial charge in [-0.15, -0.1) is 0 Å². The summed E-state index contributed by atoms with van der Waals surface area (Å²) in [4.78, 5) is 41.3. The molecule has 2 aromatic rings. The predicted octanol–water partition coefficient (Wildman–Crippen LogP) is 5.57. The van der Waals surface area contributed by atoms with Crippen LogP contribution < -0.4 is 14.2 Å². The van der Waals surface area contributed by atoms with Crippen LogP contribution in [0.4, 0.5) is 0 Å². The van der Waals surface area contributed by atoms with Crippen molar-refractivity contribution in [1.29, 1.82) is 0 Å². The van der Waals surface area contributed by atoms with Gasteiger partial charge in [-0.3, -0.25) is 14.4 Å². The first kappa shape index (κ1) is 28.4. The van der Waals surface area contributed by atoms with Crippen molar-refractivity contribution in [2.24, 2.45) is 11.8 Å². The number of nitrogens with zero attached hydrogens (tertiary/aromatic N) is 1. The zero-order valence-electron chi connectivity index (χ0n) is 20.5. The summed E-state index contributed by atoms with van der Waals surface area (Å²) in [5.74, 6) is -2.08. The molecule has 1 aromatic carbocycles. The van der Waals surface area contributed by atoms with Gasteiger partial charge in [0.1, 0.15) is 18.0 Å². The molecule has 2 rings (SSSR count).